The molecule has 0 bridgehead atoms. The van der Waals surface area contributed by atoms with E-state index in [9.17, 15) is 0 Å². The van der Waals surface area contributed by atoms with E-state index in [1.165, 1.54) is 71.1 Å². The van der Waals surface area contributed by atoms with Gasteiger partial charge in [0.1, 0.15) is 5.58 Å². The molecule has 9 aromatic carbocycles. The minimum atomic E-state index is 0.924. The minimum Gasteiger partial charge on any atom is -0.463 e. The quantitative estimate of drug-likeness (QED) is 0.141. The average Bonchev–Trinajstić information content (AvgIpc) is 3.61. The molecule has 1 heterocycles. The number of hydrogen-bond donors (Lipinski definition) is 0. The lowest BCUT2D eigenvalue weighted by Gasteiger charge is -2.20. The number of rotatable bonds is 4. The van der Waals surface area contributed by atoms with Crippen molar-refractivity contribution in [3.63, 3.8) is 0 Å². The molecular formula is C48H30O. The molecule has 228 valence electrons. The SMILES string of the molecule is c1ccc(-c2ccccc2-c2c(-c3ccccc3-c3coc4c3ccc3c5ccccc5ccc34)ccc3cc4ccccc4cc23)cc1. The molecule has 1 heteroatoms. The van der Waals surface area contributed by atoms with Gasteiger partial charge in [-0.2, -0.15) is 0 Å². The molecule has 10 aromatic rings. The Labute approximate surface area is 284 Å². The summed E-state index contributed by atoms with van der Waals surface area (Å²) in [5.41, 5.74) is 10.4. The highest BCUT2D eigenvalue weighted by molar-refractivity contribution is 6.19. The van der Waals surface area contributed by atoms with Crippen molar-refractivity contribution in [2.45, 2.75) is 0 Å². The molecule has 0 spiro atoms. The summed E-state index contributed by atoms with van der Waals surface area (Å²) in [5, 5.41) is 10.9. The maximum absolute atomic E-state index is 6.47. The Hall–Kier alpha value is -6.44. The highest BCUT2D eigenvalue weighted by Crippen LogP contribution is 2.47. The molecule has 0 fully saturated rings. The van der Waals surface area contributed by atoms with E-state index >= 15 is 0 Å². The molecule has 1 aromatic heterocycles. The number of benzene rings is 9. The van der Waals surface area contributed by atoms with Crippen LogP contribution in [0.3, 0.4) is 0 Å². The van der Waals surface area contributed by atoms with Crippen LogP contribution in [-0.4, -0.2) is 0 Å². The molecule has 0 amide bonds. The summed E-state index contributed by atoms with van der Waals surface area (Å²) in [7, 11) is 0. The standard InChI is InChI=1S/C48H30O/c1-2-12-31(13-3-1)37-18-8-11-21-41(37)47-42(24-23-35-28-33-15-4-5-16-34(33)29-45(35)47)38-19-9-10-20-39(38)46-30-49-48-43-25-22-32-14-6-7-17-36(32)40(43)26-27-44(46)48/h1-30H. The van der Waals surface area contributed by atoms with Crippen LogP contribution in [0.5, 0.6) is 0 Å². The largest absolute Gasteiger partial charge is 0.463 e. The first-order chi connectivity index (χ1) is 24.3. The van der Waals surface area contributed by atoms with Gasteiger partial charge in [-0.3, -0.25) is 0 Å². The van der Waals surface area contributed by atoms with E-state index in [-0.39, 0.29) is 0 Å². The van der Waals surface area contributed by atoms with Gasteiger partial charge in [-0.1, -0.05) is 152 Å². The molecule has 49 heavy (non-hydrogen) atoms. The molecule has 0 N–H and O–H groups in total. The molecule has 0 saturated heterocycles. The molecule has 0 unspecified atom stereocenters. The summed E-state index contributed by atoms with van der Waals surface area (Å²) in [4.78, 5) is 0. The van der Waals surface area contributed by atoms with Gasteiger partial charge in [-0.05, 0) is 101 Å². The molecule has 0 atom stereocenters. The monoisotopic (exact) mass is 622 g/mol. The van der Waals surface area contributed by atoms with Gasteiger partial charge in [-0.25, -0.2) is 0 Å². The summed E-state index contributed by atoms with van der Waals surface area (Å²) in [6, 6.07) is 63.8. The van der Waals surface area contributed by atoms with Crippen molar-refractivity contribution in [1.29, 1.82) is 0 Å². The van der Waals surface area contributed by atoms with Gasteiger partial charge in [0, 0.05) is 16.3 Å². The van der Waals surface area contributed by atoms with E-state index in [2.05, 4.69) is 176 Å². The third kappa shape index (κ3) is 4.40. The first-order valence-corrected chi connectivity index (χ1v) is 16.8. The Morgan fingerprint density at radius 2 is 0.878 bits per heavy atom. The van der Waals surface area contributed by atoms with E-state index in [4.69, 9.17) is 4.42 Å². The fourth-order valence-corrected chi connectivity index (χ4v) is 7.84. The first-order valence-electron chi connectivity index (χ1n) is 16.8. The zero-order valence-corrected chi connectivity index (χ0v) is 26.7. The Morgan fingerprint density at radius 3 is 1.69 bits per heavy atom. The van der Waals surface area contributed by atoms with Gasteiger partial charge in [0.05, 0.1) is 6.26 Å². The smallest absolute Gasteiger partial charge is 0.142 e. The minimum absolute atomic E-state index is 0.924. The molecule has 0 aliphatic rings. The molecule has 0 aliphatic heterocycles. The Balaban J connectivity index is 1.26. The zero-order chi connectivity index (χ0) is 32.3. The lowest BCUT2D eigenvalue weighted by molar-refractivity contribution is 0.620. The average molecular weight is 623 g/mol. The molecule has 0 radical (unpaired) electrons. The van der Waals surface area contributed by atoms with E-state index in [1.54, 1.807) is 0 Å². The second kappa shape index (κ2) is 11.1. The Kier molecular flexibility index (Phi) is 6.25. The molecule has 0 aliphatic carbocycles. The fraction of sp³-hybridized carbons (Fsp3) is 0. The van der Waals surface area contributed by atoms with Crippen LogP contribution in [0.25, 0.3) is 98.6 Å². The van der Waals surface area contributed by atoms with Crippen molar-refractivity contribution in [3.05, 3.63) is 182 Å². The van der Waals surface area contributed by atoms with Crippen molar-refractivity contribution in [2.24, 2.45) is 0 Å². The Morgan fingerprint density at radius 1 is 0.286 bits per heavy atom. The van der Waals surface area contributed by atoms with Crippen LogP contribution >= 0.6 is 0 Å². The van der Waals surface area contributed by atoms with E-state index in [1.807, 2.05) is 6.26 Å². The van der Waals surface area contributed by atoms with Crippen LogP contribution < -0.4 is 0 Å². The van der Waals surface area contributed by atoms with Crippen molar-refractivity contribution >= 4 is 54.1 Å². The van der Waals surface area contributed by atoms with Crippen molar-refractivity contribution in [1.82, 2.24) is 0 Å². The molecular weight excluding hydrogens is 593 g/mol. The number of hydrogen-bond acceptors (Lipinski definition) is 1. The van der Waals surface area contributed by atoms with Gasteiger partial charge in [-0.15, -0.1) is 0 Å². The van der Waals surface area contributed by atoms with Crippen LogP contribution in [0.1, 0.15) is 0 Å². The normalized spacial score (nSPS) is 11.7. The van der Waals surface area contributed by atoms with Crippen molar-refractivity contribution in [3.8, 4) is 44.5 Å². The summed E-state index contributed by atoms with van der Waals surface area (Å²) in [6.07, 6.45) is 1.95. The summed E-state index contributed by atoms with van der Waals surface area (Å²) >= 11 is 0. The van der Waals surface area contributed by atoms with Gasteiger partial charge in [0.25, 0.3) is 0 Å². The van der Waals surface area contributed by atoms with Crippen LogP contribution in [0.4, 0.5) is 0 Å². The lowest BCUT2D eigenvalue weighted by Crippen LogP contribution is -1.93. The number of furan rings is 1. The van der Waals surface area contributed by atoms with Gasteiger partial charge in [0.15, 0.2) is 0 Å². The fourth-order valence-electron chi connectivity index (χ4n) is 7.84. The van der Waals surface area contributed by atoms with Gasteiger partial charge in [0.2, 0.25) is 0 Å². The van der Waals surface area contributed by atoms with Crippen LogP contribution in [-0.2, 0) is 0 Å². The summed E-state index contributed by atoms with van der Waals surface area (Å²) < 4.78 is 6.47. The van der Waals surface area contributed by atoms with E-state index < -0.39 is 0 Å². The second-order valence-corrected chi connectivity index (χ2v) is 12.8. The Bertz CT molecular complexity index is 2870. The lowest BCUT2D eigenvalue weighted by atomic mass is 9.83. The summed E-state index contributed by atoms with van der Waals surface area (Å²) in [6.45, 7) is 0. The first kappa shape index (κ1) is 27.7. The van der Waals surface area contributed by atoms with Crippen LogP contribution in [0.15, 0.2) is 187 Å². The van der Waals surface area contributed by atoms with Gasteiger partial charge >= 0.3 is 0 Å². The molecule has 10 rings (SSSR count). The maximum Gasteiger partial charge on any atom is 0.142 e. The number of fused-ring (bicyclic) bond motifs is 7. The topological polar surface area (TPSA) is 13.1 Å². The molecule has 0 saturated carbocycles. The maximum atomic E-state index is 6.47. The zero-order valence-electron chi connectivity index (χ0n) is 26.7. The second-order valence-electron chi connectivity index (χ2n) is 12.8. The van der Waals surface area contributed by atoms with Crippen LogP contribution in [0, 0.1) is 0 Å². The molecule has 1 nitrogen and oxygen atoms in total. The predicted molar refractivity (Wildman–Crippen MR) is 208 cm³/mol. The highest BCUT2D eigenvalue weighted by atomic mass is 16.3. The van der Waals surface area contributed by atoms with E-state index in [0.29, 0.717) is 0 Å². The van der Waals surface area contributed by atoms with Gasteiger partial charge < -0.3 is 4.42 Å². The third-order valence-corrected chi connectivity index (χ3v) is 10.1. The van der Waals surface area contributed by atoms with Crippen molar-refractivity contribution in [2.75, 3.05) is 0 Å². The van der Waals surface area contributed by atoms with Crippen molar-refractivity contribution < 1.29 is 4.42 Å². The van der Waals surface area contributed by atoms with E-state index in [0.717, 1.165) is 27.5 Å². The van der Waals surface area contributed by atoms with Crippen LogP contribution in [0.2, 0.25) is 0 Å². The predicted octanol–water partition coefficient (Wildman–Crippen LogP) is 13.7. The highest BCUT2D eigenvalue weighted by Gasteiger charge is 2.21. The third-order valence-electron chi connectivity index (χ3n) is 10.1. The summed E-state index contributed by atoms with van der Waals surface area (Å²) in [5.74, 6) is 0.